The molecular formula is C35H42N4O7. The number of nitrogens with zero attached hydrogens (tertiary/aromatic N) is 4. The van der Waals surface area contributed by atoms with Gasteiger partial charge in [0.2, 0.25) is 0 Å². The van der Waals surface area contributed by atoms with Gasteiger partial charge in [-0.3, -0.25) is 37.4 Å². The first kappa shape index (κ1) is 33.0. The molecule has 0 amide bonds. The summed E-state index contributed by atoms with van der Waals surface area (Å²) >= 11 is 0. The van der Waals surface area contributed by atoms with Crippen LogP contribution in [0.5, 0.6) is 0 Å². The third kappa shape index (κ3) is 6.20. The lowest BCUT2D eigenvalue weighted by Gasteiger charge is -2.21. The van der Waals surface area contributed by atoms with Gasteiger partial charge in [-0.2, -0.15) is 0 Å². The van der Waals surface area contributed by atoms with Crippen molar-refractivity contribution in [1.29, 1.82) is 0 Å². The Morgan fingerprint density at radius 3 is 1.50 bits per heavy atom. The highest BCUT2D eigenvalue weighted by Gasteiger charge is 2.33. The van der Waals surface area contributed by atoms with Crippen molar-refractivity contribution in [2.75, 3.05) is 6.61 Å². The zero-order chi connectivity index (χ0) is 33.1. The fourth-order valence-corrected chi connectivity index (χ4v) is 6.95. The van der Waals surface area contributed by atoms with E-state index in [1.807, 2.05) is 36.4 Å². The zero-order valence-electron chi connectivity index (χ0n) is 26.8. The molecular weight excluding hydrogens is 588 g/mol. The summed E-state index contributed by atoms with van der Waals surface area (Å²) < 4.78 is 6.34. The van der Waals surface area contributed by atoms with Crippen LogP contribution >= 0.6 is 0 Å². The highest BCUT2D eigenvalue weighted by atomic mass is 16.3. The number of carbonyl (C=O) groups is 4. The third-order valence-electron chi connectivity index (χ3n) is 9.28. The van der Waals surface area contributed by atoms with E-state index in [2.05, 4.69) is 6.92 Å². The van der Waals surface area contributed by atoms with Gasteiger partial charge < -0.3 is 5.11 Å². The van der Waals surface area contributed by atoms with Gasteiger partial charge >= 0.3 is 11.4 Å². The molecule has 11 nitrogen and oxygen atoms in total. The molecule has 2 aromatic carbocycles. The molecule has 244 valence electrons. The fourth-order valence-electron chi connectivity index (χ4n) is 6.95. The standard InChI is InChI=1S/C18H22N2O3.C17H20N2O4/c1-3-4-6-12-7-5-8-15-17(12)19(2)18(23)20(15)14-10-9-13(21)11-16(14)22;1-18-16-11(5-3-9-20)4-2-6-14(16)19(17(18)23)13-8-7-12(21)10-15(13)22/h5,7-8,14H,3-4,6,9-11H2,1-2H3;2,4,6,13,20H,3,5,7-10H2,1H3. The van der Waals surface area contributed by atoms with Gasteiger partial charge in [-0.15, -0.1) is 0 Å². The predicted molar refractivity (Wildman–Crippen MR) is 174 cm³/mol. The number of hydrogen-bond acceptors (Lipinski definition) is 7. The second-order valence-corrected chi connectivity index (χ2v) is 12.4. The molecule has 1 N–H and O–H groups in total. The Morgan fingerprint density at radius 1 is 0.674 bits per heavy atom. The molecule has 6 rings (SSSR count). The lowest BCUT2D eigenvalue weighted by molar-refractivity contribution is -0.133. The predicted octanol–water partition coefficient (Wildman–Crippen LogP) is 3.67. The molecule has 0 bridgehead atoms. The number of unbranched alkanes of at least 4 members (excludes halogenated alkanes) is 1. The fraction of sp³-hybridized carbons (Fsp3) is 0.486. The minimum absolute atomic E-state index is 0.0248. The van der Waals surface area contributed by atoms with E-state index in [-0.39, 0.29) is 54.0 Å². The van der Waals surface area contributed by atoms with Crippen molar-refractivity contribution < 1.29 is 24.3 Å². The molecule has 2 aliphatic carbocycles. The molecule has 11 heteroatoms. The van der Waals surface area contributed by atoms with Crippen LogP contribution in [0, 0.1) is 0 Å². The average molecular weight is 631 g/mol. The van der Waals surface area contributed by atoms with Crippen molar-refractivity contribution in [2.45, 2.75) is 89.6 Å². The summed E-state index contributed by atoms with van der Waals surface area (Å²) in [6, 6.07) is 10.5. The first-order chi connectivity index (χ1) is 22.1. The van der Waals surface area contributed by atoms with E-state index in [9.17, 15) is 28.8 Å². The van der Waals surface area contributed by atoms with Gasteiger partial charge in [-0.1, -0.05) is 37.6 Å². The molecule has 0 aliphatic heterocycles. The van der Waals surface area contributed by atoms with Crippen LogP contribution in [0.4, 0.5) is 0 Å². The number of ketones is 4. The second kappa shape index (κ2) is 13.9. The number of fused-ring (bicyclic) bond motifs is 2. The molecule has 2 atom stereocenters. The van der Waals surface area contributed by atoms with Crippen LogP contribution in [0.3, 0.4) is 0 Å². The van der Waals surface area contributed by atoms with Gasteiger partial charge in [0, 0.05) is 33.5 Å². The summed E-state index contributed by atoms with van der Waals surface area (Å²) in [7, 11) is 3.46. The van der Waals surface area contributed by atoms with Crippen LogP contribution in [0.25, 0.3) is 22.1 Å². The number of aliphatic hydroxyl groups is 1. The molecule has 2 unspecified atom stereocenters. The highest BCUT2D eigenvalue weighted by molar-refractivity contribution is 6.04. The van der Waals surface area contributed by atoms with E-state index < -0.39 is 12.1 Å². The maximum atomic E-state index is 12.7. The van der Waals surface area contributed by atoms with Crippen molar-refractivity contribution >= 4 is 45.2 Å². The van der Waals surface area contributed by atoms with Crippen molar-refractivity contribution in [2.24, 2.45) is 14.1 Å². The highest BCUT2D eigenvalue weighted by Crippen LogP contribution is 2.29. The van der Waals surface area contributed by atoms with E-state index in [4.69, 9.17) is 5.11 Å². The Bertz CT molecular complexity index is 1800. The van der Waals surface area contributed by atoms with E-state index >= 15 is 0 Å². The van der Waals surface area contributed by atoms with E-state index in [0.29, 0.717) is 38.5 Å². The number of Topliss-reactive ketones (excluding diaryl/α,β-unsaturated/α-hetero) is 4. The van der Waals surface area contributed by atoms with Crippen molar-refractivity contribution in [1.82, 2.24) is 18.3 Å². The van der Waals surface area contributed by atoms with Crippen LogP contribution in [0.15, 0.2) is 46.0 Å². The summed E-state index contributed by atoms with van der Waals surface area (Å²) in [5.41, 5.74) is 4.96. The Morgan fingerprint density at radius 2 is 1.11 bits per heavy atom. The van der Waals surface area contributed by atoms with Crippen LogP contribution in [0.1, 0.15) is 87.9 Å². The SMILES string of the molecule is CCCCc1cccc2c1n(C)c(=O)n2C1CCC(=O)CC1=O.Cn1c(=O)n(C2CCC(=O)CC2=O)c2cccc(CCCO)c21. The molecule has 2 fully saturated rings. The van der Waals surface area contributed by atoms with Crippen molar-refractivity contribution in [3.05, 3.63) is 68.5 Å². The van der Waals surface area contributed by atoms with Gasteiger partial charge in [0.1, 0.15) is 11.6 Å². The largest absolute Gasteiger partial charge is 0.396 e. The molecule has 0 spiro atoms. The average Bonchev–Trinajstić information content (AvgIpc) is 3.44. The zero-order valence-corrected chi connectivity index (χ0v) is 26.8. The first-order valence-electron chi connectivity index (χ1n) is 16.2. The van der Waals surface area contributed by atoms with Crippen molar-refractivity contribution in [3.8, 4) is 0 Å². The molecule has 2 saturated carbocycles. The van der Waals surface area contributed by atoms with Gasteiger partial charge in [-0.25, -0.2) is 9.59 Å². The van der Waals surface area contributed by atoms with Crippen LogP contribution < -0.4 is 11.4 Å². The first-order valence-corrected chi connectivity index (χ1v) is 16.2. The molecule has 0 saturated heterocycles. The summed E-state index contributed by atoms with van der Waals surface area (Å²) in [5.74, 6) is -0.405. The Kier molecular flexibility index (Phi) is 10.0. The van der Waals surface area contributed by atoms with Crippen LogP contribution in [-0.4, -0.2) is 53.1 Å². The molecule has 2 heterocycles. The van der Waals surface area contributed by atoms with Gasteiger partial charge in [-0.05, 0) is 61.8 Å². The summed E-state index contributed by atoms with van der Waals surface area (Å²) in [6.45, 7) is 2.23. The number of para-hydroxylation sites is 2. The number of benzene rings is 2. The number of aryl methyl sites for hydroxylation is 4. The summed E-state index contributed by atoms with van der Waals surface area (Å²) in [4.78, 5) is 72.8. The van der Waals surface area contributed by atoms with Gasteiger partial charge in [0.15, 0.2) is 11.6 Å². The maximum Gasteiger partial charge on any atom is 0.329 e. The second-order valence-electron chi connectivity index (χ2n) is 12.4. The summed E-state index contributed by atoms with van der Waals surface area (Å²) in [6.07, 6.45) is 5.75. The minimum atomic E-state index is -0.558. The number of imidazole rings is 2. The number of aromatic nitrogens is 4. The number of rotatable bonds is 8. The Balaban J connectivity index is 0.000000181. The van der Waals surface area contributed by atoms with Crippen LogP contribution in [0.2, 0.25) is 0 Å². The Hall–Kier alpha value is -4.38. The van der Waals surface area contributed by atoms with E-state index in [1.165, 1.54) is 4.57 Å². The molecule has 2 aliphatic rings. The van der Waals surface area contributed by atoms with E-state index in [0.717, 1.165) is 52.5 Å². The summed E-state index contributed by atoms with van der Waals surface area (Å²) in [5, 5.41) is 9.04. The minimum Gasteiger partial charge on any atom is -0.396 e. The molecule has 0 radical (unpaired) electrons. The molecule has 46 heavy (non-hydrogen) atoms. The number of aliphatic hydroxyl groups excluding tert-OH is 1. The van der Waals surface area contributed by atoms with Crippen LogP contribution in [-0.2, 0) is 46.1 Å². The maximum absolute atomic E-state index is 12.7. The lowest BCUT2D eigenvalue weighted by Crippen LogP contribution is -2.34. The normalized spacial score (nSPS) is 18.8. The van der Waals surface area contributed by atoms with Gasteiger partial charge in [0.05, 0.1) is 47.0 Å². The van der Waals surface area contributed by atoms with Crippen molar-refractivity contribution in [3.63, 3.8) is 0 Å². The Labute approximate surface area is 266 Å². The lowest BCUT2D eigenvalue weighted by atomic mass is 9.92. The molecule has 4 aromatic rings. The smallest absolute Gasteiger partial charge is 0.329 e. The third-order valence-corrected chi connectivity index (χ3v) is 9.28. The van der Waals surface area contributed by atoms with Gasteiger partial charge in [0.25, 0.3) is 0 Å². The monoisotopic (exact) mass is 630 g/mol. The quantitative estimate of drug-likeness (QED) is 0.293. The topological polar surface area (TPSA) is 142 Å². The van der Waals surface area contributed by atoms with E-state index in [1.54, 1.807) is 27.8 Å². The molecule has 2 aromatic heterocycles. The number of carbonyl (C=O) groups excluding carboxylic acids is 4. The number of hydrogen-bond donors (Lipinski definition) is 1.